The van der Waals surface area contributed by atoms with Crippen LogP contribution in [0.25, 0.3) is 0 Å². The van der Waals surface area contributed by atoms with Crippen LogP contribution in [0.15, 0.2) is 47.6 Å². The molecule has 0 aromatic heterocycles. The summed E-state index contributed by atoms with van der Waals surface area (Å²) in [4.78, 5) is 0. The van der Waals surface area contributed by atoms with Crippen LogP contribution in [0, 0.1) is 6.92 Å². The molecule has 3 N–H and O–H groups in total. The predicted octanol–water partition coefficient (Wildman–Crippen LogP) is 2.63. The number of phenols is 2. The Hall–Kier alpha value is -2.49. The van der Waals surface area contributed by atoms with E-state index in [-0.39, 0.29) is 17.2 Å². The molecule has 2 aromatic carbocycles. The quantitative estimate of drug-likeness (QED) is 0.431. The van der Waals surface area contributed by atoms with Crippen molar-refractivity contribution in [2.45, 2.75) is 6.92 Å². The number of aryl methyl sites for hydroxylation is 1. The van der Waals surface area contributed by atoms with Crippen LogP contribution in [-0.4, -0.2) is 21.1 Å². The van der Waals surface area contributed by atoms with Crippen molar-refractivity contribution < 1.29 is 15.4 Å². The van der Waals surface area contributed by atoms with E-state index < -0.39 is 0 Å². The van der Waals surface area contributed by atoms with E-state index in [0.717, 1.165) is 5.56 Å². The highest BCUT2D eigenvalue weighted by atomic mass is 16.4. The normalized spacial score (nSPS) is 11.5. The van der Waals surface area contributed by atoms with Crippen molar-refractivity contribution in [3.63, 3.8) is 0 Å². The Bertz CT molecular complexity index is 588. The molecular weight excluding hydrogens is 230 g/mol. The molecule has 0 amide bonds. The Morgan fingerprint density at radius 2 is 1.67 bits per heavy atom. The summed E-state index contributed by atoms with van der Waals surface area (Å²) in [6.07, 6.45) is 0. The molecule has 0 bridgehead atoms. The zero-order valence-corrected chi connectivity index (χ0v) is 9.83. The van der Waals surface area contributed by atoms with Crippen LogP contribution in [0.5, 0.6) is 11.5 Å². The van der Waals surface area contributed by atoms with Crippen molar-refractivity contribution in [3.05, 3.63) is 59.2 Å². The van der Waals surface area contributed by atoms with E-state index in [1.807, 2.05) is 19.1 Å². The van der Waals surface area contributed by atoms with E-state index in [4.69, 9.17) is 5.21 Å². The van der Waals surface area contributed by atoms with Gasteiger partial charge in [0, 0.05) is 17.2 Å². The smallest absolute Gasteiger partial charge is 0.128 e. The second kappa shape index (κ2) is 4.79. The molecule has 0 aliphatic rings. The molecule has 0 saturated carbocycles. The molecule has 0 atom stereocenters. The van der Waals surface area contributed by atoms with Crippen molar-refractivity contribution in [1.29, 1.82) is 0 Å². The lowest BCUT2D eigenvalue weighted by Gasteiger charge is -2.07. The zero-order valence-electron chi connectivity index (χ0n) is 9.83. The first-order valence-corrected chi connectivity index (χ1v) is 5.43. The summed E-state index contributed by atoms with van der Waals surface area (Å²) in [5, 5.41) is 31.3. The second-order valence-electron chi connectivity index (χ2n) is 4.02. The van der Waals surface area contributed by atoms with Crippen molar-refractivity contribution in [2.24, 2.45) is 5.16 Å². The fraction of sp³-hybridized carbons (Fsp3) is 0.0714. The molecule has 4 nitrogen and oxygen atoms in total. The number of hydrogen-bond acceptors (Lipinski definition) is 4. The molecule has 4 heteroatoms. The van der Waals surface area contributed by atoms with Crippen LogP contribution in [0.2, 0.25) is 0 Å². The number of rotatable bonds is 2. The minimum atomic E-state index is -0.136. The number of phenolic OH excluding ortho intramolecular Hbond substituents is 2. The van der Waals surface area contributed by atoms with Crippen LogP contribution in [-0.2, 0) is 0 Å². The lowest BCUT2D eigenvalue weighted by molar-refractivity contribution is 0.319. The largest absolute Gasteiger partial charge is 0.508 e. The number of nitrogens with zero attached hydrogens (tertiary/aromatic N) is 1. The fourth-order valence-corrected chi connectivity index (χ4v) is 1.70. The monoisotopic (exact) mass is 243 g/mol. The number of hydrogen-bond donors (Lipinski definition) is 3. The summed E-state index contributed by atoms with van der Waals surface area (Å²) in [6, 6.07) is 11.5. The number of benzene rings is 2. The average Bonchev–Trinajstić information content (AvgIpc) is 2.35. The van der Waals surface area contributed by atoms with Gasteiger partial charge >= 0.3 is 0 Å². The summed E-state index contributed by atoms with van der Waals surface area (Å²) < 4.78 is 0. The Morgan fingerprint density at radius 3 is 2.22 bits per heavy atom. The van der Waals surface area contributed by atoms with Gasteiger partial charge in [-0.15, -0.1) is 0 Å². The Kier molecular flexibility index (Phi) is 3.19. The van der Waals surface area contributed by atoms with Crippen LogP contribution < -0.4 is 0 Å². The van der Waals surface area contributed by atoms with E-state index in [2.05, 4.69) is 5.16 Å². The van der Waals surface area contributed by atoms with E-state index in [0.29, 0.717) is 11.1 Å². The first-order valence-electron chi connectivity index (χ1n) is 5.43. The molecule has 0 radical (unpaired) electrons. The van der Waals surface area contributed by atoms with Gasteiger partial charge < -0.3 is 15.4 Å². The topological polar surface area (TPSA) is 73.1 Å². The van der Waals surface area contributed by atoms with Crippen molar-refractivity contribution in [3.8, 4) is 11.5 Å². The van der Waals surface area contributed by atoms with Crippen LogP contribution in [0.3, 0.4) is 0 Å². The summed E-state index contributed by atoms with van der Waals surface area (Å²) >= 11 is 0. The molecule has 18 heavy (non-hydrogen) atoms. The maximum absolute atomic E-state index is 9.76. The van der Waals surface area contributed by atoms with Gasteiger partial charge in [0.05, 0.1) is 0 Å². The molecule has 0 aliphatic heterocycles. The highest BCUT2D eigenvalue weighted by Gasteiger charge is 2.12. The average molecular weight is 243 g/mol. The Morgan fingerprint density at radius 1 is 1.00 bits per heavy atom. The minimum absolute atomic E-state index is 0.0440. The van der Waals surface area contributed by atoms with Gasteiger partial charge in [-0.1, -0.05) is 35.0 Å². The van der Waals surface area contributed by atoms with E-state index in [1.165, 1.54) is 18.2 Å². The van der Waals surface area contributed by atoms with Crippen LogP contribution in [0.4, 0.5) is 0 Å². The number of oxime groups is 1. The van der Waals surface area contributed by atoms with Crippen molar-refractivity contribution >= 4 is 5.71 Å². The van der Waals surface area contributed by atoms with Gasteiger partial charge in [0.15, 0.2) is 0 Å². The van der Waals surface area contributed by atoms with Gasteiger partial charge in [-0.25, -0.2) is 0 Å². The van der Waals surface area contributed by atoms with Gasteiger partial charge in [-0.05, 0) is 19.1 Å². The SMILES string of the molecule is Cc1ccc(/C(=N/O)c2ccc(O)cc2O)cc1. The summed E-state index contributed by atoms with van der Waals surface area (Å²) in [6.45, 7) is 1.96. The van der Waals surface area contributed by atoms with Crippen molar-refractivity contribution in [1.82, 2.24) is 0 Å². The Labute approximate surface area is 104 Å². The lowest BCUT2D eigenvalue weighted by Crippen LogP contribution is -2.03. The van der Waals surface area contributed by atoms with Gasteiger partial charge in [0.25, 0.3) is 0 Å². The first-order chi connectivity index (χ1) is 8.61. The highest BCUT2D eigenvalue weighted by molar-refractivity contribution is 6.14. The molecule has 92 valence electrons. The molecule has 0 aliphatic carbocycles. The molecule has 0 heterocycles. The first kappa shape index (κ1) is 12.0. The van der Waals surface area contributed by atoms with Gasteiger partial charge in [0.2, 0.25) is 0 Å². The molecule has 0 unspecified atom stereocenters. The van der Waals surface area contributed by atoms with E-state index in [9.17, 15) is 10.2 Å². The number of aromatic hydroxyl groups is 2. The third-order valence-corrected chi connectivity index (χ3v) is 2.66. The fourth-order valence-electron chi connectivity index (χ4n) is 1.70. The zero-order chi connectivity index (χ0) is 13.1. The molecule has 0 saturated heterocycles. The molecule has 0 fully saturated rings. The summed E-state index contributed by atoms with van der Waals surface area (Å²) in [5.41, 5.74) is 2.39. The second-order valence-corrected chi connectivity index (χ2v) is 4.02. The Balaban J connectivity index is 2.49. The standard InChI is InChI=1S/C14H13NO3/c1-9-2-4-10(5-3-9)14(15-18)12-7-6-11(16)8-13(12)17/h2-8,16-18H,1H3/b15-14-. The highest BCUT2D eigenvalue weighted by Crippen LogP contribution is 2.25. The van der Waals surface area contributed by atoms with Crippen molar-refractivity contribution in [2.75, 3.05) is 0 Å². The maximum Gasteiger partial charge on any atom is 0.128 e. The lowest BCUT2D eigenvalue weighted by atomic mass is 10.0. The van der Waals surface area contributed by atoms with E-state index >= 15 is 0 Å². The minimum Gasteiger partial charge on any atom is -0.508 e. The van der Waals surface area contributed by atoms with Crippen LogP contribution >= 0.6 is 0 Å². The third-order valence-electron chi connectivity index (χ3n) is 2.66. The maximum atomic E-state index is 9.76. The third kappa shape index (κ3) is 2.27. The molecule has 0 spiro atoms. The van der Waals surface area contributed by atoms with Gasteiger partial charge in [-0.2, -0.15) is 0 Å². The molecular formula is C14H13NO3. The summed E-state index contributed by atoms with van der Waals surface area (Å²) in [5.74, 6) is -0.180. The van der Waals surface area contributed by atoms with E-state index in [1.54, 1.807) is 12.1 Å². The van der Waals surface area contributed by atoms with Crippen LogP contribution in [0.1, 0.15) is 16.7 Å². The predicted molar refractivity (Wildman–Crippen MR) is 68.4 cm³/mol. The molecule has 2 rings (SSSR count). The summed E-state index contributed by atoms with van der Waals surface area (Å²) in [7, 11) is 0. The van der Waals surface area contributed by atoms with Gasteiger partial charge in [-0.3, -0.25) is 0 Å². The molecule has 2 aromatic rings. The van der Waals surface area contributed by atoms with Gasteiger partial charge in [0.1, 0.15) is 17.2 Å².